The highest BCUT2D eigenvalue weighted by Gasteiger charge is 2.31. The van der Waals surface area contributed by atoms with Gasteiger partial charge in [-0.25, -0.2) is 0 Å². The number of Topliss-reactive ketones (excluding diaryl/α,β-unsaturated/α-hetero) is 1. The third-order valence-electron chi connectivity index (χ3n) is 7.26. The van der Waals surface area contributed by atoms with Crippen molar-refractivity contribution in [1.82, 2.24) is 9.47 Å². The van der Waals surface area contributed by atoms with Gasteiger partial charge in [0, 0.05) is 55.4 Å². The lowest BCUT2D eigenvalue weighted by atomic mass is 9.75. The molecule has 0 N–H and O–H groups in total. The number of likely N-dealkylation sites (N-methyl/N-ethyl adjacent to an activating group) is 1. The van der Waals surface area contributed by atoms with E-state index < -0.39 is 0 Å². The zero-order chi connectivity index (χ0) is 21.3. The van der Waals surface area contributed by atoms with Gasteiger partial charge in [0.1, 0.15) is 0 Å². The highest BCUT2D eigenvalue weighted by atomic mass is 16.5. The van der Waals surface area contributed by atoms with Crippen LogP contribution in [0.5, 0.6) is 0 Å². The molecule has 30 heavy (non-hydrogen) atoms. The Bertz CT molecular complexity index is 940. The van der Waals surface area contributed by atoms with Gasteiger partial charge in [-0.05, 0) is 74.6 Å². The second kappa shape index (κ2) is 8.93. The summed E-state index contributed by atoms with van der Waals surface area (Å²) in [6.45, 7) is 6.31. The second-order valence-electron chi connectivity index (χ2n) is 8.88. The first-order valence-corrected chi connectivity index (χ1v) is 11.5. The Labute approximate surface area is 179 Å². The summed E-state index contributed by atoms with van der Waals surface area (Å²) in [4.78, 5) is 26.7. The number of nitrogens with zero attached hydrogens (tertiary/aromatic N) is 2. The lowest BCUT2D eigenvalue weighted by Crippen LogP contribution is -2.35. The van der Waals surface area contributed by atoms with Crippen molar-refractivity contribution in [3.63, 3.8) is 0 Å². The number of aryl methyl sites for hydroxylation is 1. The molecule has 1 saturated heterocycles. The molecule has 1 aliphatic heterocycles. The van der Waals surface area contributed by atoms with Crippen molar-refractivity contribution < 1.29 is 14.3 Å². The van der Waals surface area contributed by atoms with Gasteiger partial charge >= 0.3 is 0 Å². The molecule has 2 aromatic rings. The molecule has 0 saturated carbocycles. The van der Waals surface area contributed by atoms with Crippen LogP contribution in [0.25, 0.3) is 10.9 Å². The van der Waals surface area contributed by atoms with Gasteiger partial charge in [-0.15, -0.1) is 0 Å². The monoisotopic (exact) mass is 410 g/mol. The number of benzene rings is 1. The van der Waals surface area contributed by atoms with Crippen molar-refractivity contribution in [1.29, 1.82) is 0 Å². The summed E-state index contributed by atoms with van der Waals surface area (Å²) < 4.78 is 7.89. The summed E-state index contributed by atoms with van der Waals surface area (Å²) in [5.74, 6) is 1.52. The number of fused-ring (bicyclic) bond motifs is 3. The van der Waals surface area contributed by atoms with Crippen LogP contribution in [0.1, 0.15) is 61.1 Å². The van der Waals surface area contributed by atoms with E-state index in [0.29, 0.717) is 24.4 Å². The first kappa shape index (κ1) is 21.1. The average Bonchev–Trinajstić information content (AvgIpc) is 3.08. The summed E-state index contributed by atoms with van der Waals surface area (Å²) >= 11 is 0. The van der Waals surface area contributed by atoms with Crippen molar-refractivity contribution in [2.24, 2.45) is 18.9 Å². The van der Waals surface area contributed by atoms with Gasteiger partial charge in [-0.1, -0.05) is 6.92 Å². The minimum absolute atomic E-state index is 0.0457. The van der Waals surface area contributed by atoms with Gasteiger partial charge in [0.2, 0.25) is 0 Å². The summed E-state index contributed by atoms with van der Waals surface area (Å²) in [5.41, 5.74) is 4.75. The Morgan fingerprint density at radius 2 is 1.90 bits per heavy atom. The van der Waals surface area contributed by atoms with Crippen LogP contribution in [0.15, 0.2) is 18.2 Å². The van der Waals surface area contributed by atoms with Crippen molar-refractivity contribution >= 4 is 22.6 Å². The molecule has 2 aliphatic rings. The maximum atomic E-state index is 13.1. The number of carbonyl (C=O) groups excluding carboxylic acids is 2. The SMILES string of the molecule is CCC(=O)CN(CC)C(=O)c1ccc2c(c1)c1c(n2C)CCC(C2CCOCC2)C1. The van der Waals surface area contributed by atoms with Gasteiger partial charge < -0.3 is 14.2 Å². The first-order chi connectivity index (χ1) is 14.5. The van der Waals surface area contributed by atoms with Crippen LogP contribution in [-0.2, 0) is 29.4 Å². The molecular weight excluding hydrogens is 376 g/mol. The molecule has 1 amide bonds. The molecule has 1 aromatic carbocycles. The van der Waals surface area contributed by atoms with Crippen molar-refractivity contribution in [2.75, 3.05) is 26.3 Å². The van der Waals surface area contributed by atoms with Gasteiger partial charge in [0.25, 0.3) is 5.91 Å². The lowest BCUT2D eigenvalue weighted by molar-refractivity contribution is -0.119. The van der Waals surface area contributed by atoms with Crippen LogP contribution in [0.2, 0.25) is 0 Å². The highest BCUT2D eigenvalue weighted by Crippen LogP contribution is 2.39. The maximum absolute atomic E-state index is 13.1. The number of ketones is 1. The molecule has 1 aliphatic carbocycles. The standard InChI is InChI=1S/C25H34N2O3/c1-4-20(28)16-27(5-2)25(29)19-7-9-24-22(15-19)21-14-18(6-8-23(21)26(24)3)17-10-12-30-13-11-17/h7,9,15,17-18H,4-6,8,10-14,16H2,1-3H3. The number of amides is 1. The Morgan fingerprint density at radius 3 is 2.60 bits per heavy atom. The number of hydrogen-bond acceptors (Lipinski definition) is 3. The van der Waals surface area contributed by atoms with Gasteiger partial charge in [0.05, 0.1) is 6.54 Å². The quantitative estimate of drug-likeness (QED) is 0.719. The topological polar surface area (TPSA) is 51.5 Å². The second-order valence-corrected chi connectivity index (χ2v) is 8.88. The molecule has 162 valence electrons. The molecule has 1 atom stereocenters. The molecule has 5 heteroatoms. The molecule has 0 radical (unpaired) electrons. The van der Waals surface area contributed by atoms with Crippen LogP contribution in [0, 0.1) is 11.8 Å². The molecule has 1 fully saturated rings. The Balaban J connectivity index is 1.64. The van der Waals surface area contributed by atoms with E-state index in [0.717, 1.165) is 32.0 Å². The Morgan fingerprint density at radius 1 is 1.13 bits per heavy atom. The third kappa shape index (κ3) is 3.92. The first-order valence-electron chi connectivity index (χ1n) is 11.5. The van der Waals surface area contributed by atoms with Crippen LogP contribution in [-0.4, -0.2) is 47.5 Å². The summed E-state index contributed by atoms with van der Waals surface area (Å²) in [6.07, 6.45) is 6.26. The van der Waals surface area contributed by atoms with Crippen LogP contribution in [0.3, 0.4) is 0 Å². The molecular formula is C25H34N2O3. The Kier molecular flexibility index (Phi) is 6.28. The number of carbonyl (C=O) groups is 2. The van der Waals surface area contributed by atoms with E-state index in [2.05, 4.69) is 23.7 Å². The van der Waals surface area contributed by atoms with E-state index >= 15 is 0 Å². The fraction of sp³-hybridized carbons (Fsp3) is 0.600. The minimum atomic E-state index is -0.0457. The van der Waals surface area contributed by atoms with E-state index in [1.54, 1.807) is 4.90 Å². The maximum Gasteiger partial charge on any atom is 0.254 e. The predicted molar refractivity (Wildman–Crippen MR) is 119 cm³/mol. The van der Waals surface area contributed by atoms with E-state index in [-0.39, 0.29) is 18.2 Å². The molecule has 1 aromatic heterocycles. The molecule has 0 bridgehead atoms. The zero-order valence-corrected chi connectivity index (χ0v) is 18.6. The lowest BCUT2D eigenvalue weighted by Gasteiger charge is -2.33. The van der Waals surface area contributed by atoms with Crippen molar-refractivity contribution in [3.8, 4) is 0 Å². The van der Waals surface area contributed by atoms with Gasteiger partial charge in [-0.3, -0.25) is 9.59 Å². The zero-order valence-electron chi connectivity index (χ0n) is 18.6. The molecule has 5 nitrogen and oxygen atoms in total. The fourth-order valence-electron chi connectivity index (χ4n) is 5.36. The normalized spacial score (nSPS) is 19.6. The average molecular weight is 411 g/mol. The van der Waals surface area contributed by atoms with Crippen molar-refractivity contribution in [3.05, 3.63) is 35.0 Å². The van der Waals surface area contributed by atoms with Gasteiger partial charge in [-0.2, -0.15) is 0 Å². The number of ether oxygens (including phenoxy) is 1. The molecule has 0 spiro atoms. The number of hydrogen-bond donors (Lipinski definition) is 0. The summed E-state index contributed by atoms with van der Waals surface area (Å²) in [7, 11) is 2.15. The Hall–Kier alpha value is -2.14. The molecule has 4 rings (SSSR count). The fourth-order valence-corrected chi connectivity index (χ4v) is 5.36. The van der Waals surface area contributed by atoms with E-state index in [1.807, 2.05) is 19.9 Å². The summed E-state index contributed by atoms with van der Waals surface area (Å²) in [6, 6.07) is 6.08. The number of aromatic nitrogens is 1. The summed E-state index contributed by atoms with van der Waals surface area (Å²) in [5, 5.41) is 1.22. The van der Waals surface area contributed by atoms with Crippen molar-refractivity contribution in [2.45, 2.75) is 52.4 Å². The van der Waals surface area contributed by atoms with Gasteiger partial charge in [0.15, 0.2) is 5.78 Å². The van der Waals surface area contributed by atoms with Crippen LogP contribution < -0.4 is 0 Å². The van der Waals surface area contributed by atoms with Crippen LogP contribution in [0.4, 0.5) is 0 Å². The molecule has 1 unspecified atom stereocenters. The van der Waals surface area contributed by atoms with E-state index in [1.165, 1.54) is 41.4 Å². The smallest absolute Gasteiger partial charge is 0.254 e. The minimum Gasteiger partial charge on any atom is -0.381 e. The number of rotatable bonds is 6. The van der Waals surface area contributed by atoms with Crippen LogP contribution >= 0.6 is 0 Å². The van der Waals surface area contributed by atoms with E-state index in [9.17, 15) is 9.59 Å². The predicted octanol–water partition coefficient (Wildman–Crippen LogP) is 4.15. The van der Waals surface area contributed by atoms with E-state index in [4.69, 9.17) is 4.74 Å². The largest absolute Gasteiger partial charge is 0.381 e. The molecule has 2 heterocycles. The third-order valence-corrected chi connectivity index (χ3v) is 7.26. The highest BCUT2D eigenvalue weighted by molar-refractivity contribution is 6.00.